The van der Waals surface area contributed by atoms with Gasteiger partial charge in [-0.25, -0.2) is 4.79 Å². The standard InChI is InChI=1S/C15H10O6/c16-8-3-1-7(2-4-8)13-14(19)9-5-10(17)11(18)6-12(9)21-15(13)20/h1-6,16-19H. The van der Waals surface area contributed by atoms with E-state index < -0.39 is 17.1 Å². The third-order valence-electron chi connectivity index (χ3n) is 3.13. The van der Waals surface area contributed by atoms with E-state index in [1.807, 2.05) is 0 Å². The minimum Gasteiger partial charge on any atom is -0.508 e. The highest BCUT2D eigenvalue weighted by Crippen LogP contribution is 2.38. The van der Waals surface area contributed by atoms with Crippen LogP contribution in [-0.4, -0.2) is 20.4 Å². The summed E-state index contributed by atoms with van der Waals surface area (Å²) < 4.78 is 5.04. The van der Waals surface area contributed by atoms with E-state index in [9.17, 15) is 25.2 Å². The summed E-state index contributed by atoms with van der Waals surface area (Å²) in [5, 5.41) is 38.5. The lowest BCUT2D eigenvalue weighted by Gasteiger charge is -2.07. The Morgan fingerprint density at radius 3 is 2.14 bits per heavy atom. The lowest BCUT2D eigenvalue weighted by atomic mass is 10.0. The van der Waals surface area contributed by atoms with Crippen molar-refractivity contribution in [2.75, 3.05) is 0 Å². The topological polar surface area (TPSA) is 111 Å². The van der Waals surface area contributed by atoms with Crippen LogP contribution in [0.25, 0.3) is 22.1 Å². The molecule has 0 radical (unpaired) electrons. The molecule has 0 aliphatic carbocycles. The van der Waals surface area contributed by atoms with Gasteiger partial charge < -0.3 is 24.8 Å². The lowest BCUT2D eigenvalue weighted by molar-refractivity contribution is 0.402. The van der Waals surface area contributed by atoms with Crippen LogP contribution in [0.5, 0.6) is 23.0 Å². The molecule has 0 atom stereocenters. The fourth-order valence-electron chi connectivity index (χ4n) is 2.09. The number of fused-ring (bicyclic) bond motifs is 1. The van der Waals surface area contributed by atoms with Crippen molar-refractivity contribution in [3.05, 3.63) is 46.8 Å². The highest BCUT2D eigenvalue weighted by Gasteiger charge is 2.17. The second kappa shape index (κ2) is 4.45. The predicted octanol–water partition coefficient (Wildman–Crippen LogP) is 2.28. The maximum atomic E-state index is 12.0. The number of hydrogen-bond donors (Lipinski definition) is 4. The van der Waals surface area contributed by atoms with Crippen LogP contribution in [0.4, 0.5) is 0 Å². The summed E-state index contributed by atoms with van der Waals surface area (Å²) in [6.45, 7) is 0. The van der Waals surface area contributed by atoms with Gasteiger partial charge in [0.1, 0.15) is 22.6 Å². The summed E-state index contributed by atoms with van der Waals surface area (Å²) in [5.74, 6) is -1.25. The van der Waals surface area contributed by atoms with E-state index in [2.05, 4.69) is 0 Å². The first kappa shape index (κ1) is 12.9. The quantitative estimate of drug-likeness (QED) is 0.403. The van der Waals surface area contributed by atoms with Gasteiger partial charge in [-0.2, -0.15) is 0 Å². The third-order valence-corrected chi connectivity index (χ3v) is 3.13. The molecule has 0 spiro atoms. The highest BCUT2D eigenvalue weighted by atomic mass is 16.4. The van der Waals surface area contributed by atoms with E-state index in [1.165, 1.54) is 24.3 Å². The zero-order valence-corrected chi connectivity index (χ0v) is 10.6. The van der Waals surface area contributed by atoms with E-state index in [0.717, 1.165) is 12.1 Å². The van der Waals surface area contributed by atoms with E-state index in [0.29, 0.717) is 5.56 Å². The summed E-state index contributed by atoms with van der Waals surface area (Å²) in [7, 11) is 0. The van der Waals surface area contributed by atoms with Crippen molar-refractivity contribution < 1.29 is 24.8 Å². The van der Waals surface area contributed by atoms with Crippen LogP contribution < -0.4 is 5.63 Å². The van der Waals surface area contributed by atoms with Gasteiger partial charge in [0.15, 0.2) is 11.5 Å². The molecule has 6 heteroatoms. The Labute approximate surface area is 117 Å². The average molecular weight is 286 g/mol. The van der Waals surface area contributed by atoms with Crippen molar-refractivity contribution in [3.8, 4) is 34.1 Å². The molecule has 0 aliphatic heterocycles. The largest absolute Gasteiger partial charge is 0.508 e. The van der Waals surface area contributed by atoms with E-state index >= 15 is 0 Å². The summed E-state index contributed by atoms with van der Waals surface area (Å²) in [6.07, 6.45) is 0. The zero-order chi connectivity index (χ0) is 15.1. The summed E-state index contributed by atoms with van der Waals surface area (Å²) >= 11 is 0. The molecule has 1 heterocycles. The Morgan fingerprint density at radius 2 is 1.48 bits per heavy atom. The van der Waals surface area contributed by atoms with Crippen LogP contribution in [0.3, 0.4) is 0 Å². The number of benzene rings is 2. The molecule has 0 saturated carbocycles. The van der Waals surface area contributed by atoms with Gasteiger partial charge in [-0.1, -0.05) is 12.1 Å². The Bertz CT molecular complexity index is 893. The molecular weight excluding hydrogens is 276 g/mol. The molecule has 6 nitrogen and oxygen atoms in total. The second-order valence-corrected chi connectivity index (χ2v) is 4.50. The molecule has 0 saturated heterocycles. The van der Waals surface area contributed by atoms with Crippen LogP contribution >= 0.6 is 0 Å². The van der Waals surface area contributed by atoms with Crippen molar-refractivity contribution in [2.45, 2.75) is 0 Å². The Balaban J connectivity index is 2.36. The van der Waals surface area contributed by atoms with Crippen molar-refractivity contribution >= 4 is 11.0 Å². The van der Waals surface area contributed by atoms with Gasteiger partial charge in [0, 0.05) is 6.07 Å². The Hall–Kier alpha value is -3.15. The maximum Gasteiger partial charge on any atom is 0.347 e. The molecule has 0 amide bonds. The Morgan fingerprint density at radius 1 is 0.857 bits per heavy atom. The predicted molar refractivity (Wildman–Crippen MR) is 74.6 cm³/mol. The van der Waals surface area contributed by atoms with E-state index in [-0.39, 0.29) is 28.0 Å². The van der Waals surface area contributed by atoms with Gasteiger partial charge >= 0.3 is 5.63 Å². The summed E-state index contributed by atoms with van der Waals surface area (Å²) in [4.78, 5) is 12.0. The monoisotopic (exact) mass is 286 g/mol. The summed E-state index contributed by atoms with van der Waals surface area (Å²) in [5.41, 5.74) is -0.577. The SMILES string of the molecule is O=c1oc2cc(O)c(O)cc2c(O)c1-c1ccc(O)cc1. The number of phenolic OH excluding ortho intramolecular Hbond substituents is 3. The molecular formula is C15H10O6. The van der Waals surface area contributed by atoms with Crippen molar-refractivity contribution in [3.63, 3.8) is 0 Å². The van der Waals surface area contributed by atoms with Gasteiger partial charge in [-0.15, -0.1) is 0 Å². The maximum absolute atomic E-state index is 12.0. The molecule has 0 unspecified atom stereocenters. The smallest absolute Gasteiger partial charge is 0.347 e. The molecule has 1 aromatic heterocycles. The van der Waals surface area contributed by atoms with E-state index in [1.54, 1.807) is 0 Å². The normalized spacial score (nSPS) is 10.9. The van der Waals surface area contributed by atoms with Crippen LogP contribution in [0.2, 0.25) is 0 Å². The third kappa shape index (κ3) is 2.02. The first-order valence-corrected chi connectivity index (χ1v) is 5.98. The number of rotatable bonds is 1. The second-order valence-electron chi connectivity index (χ2n) is 4.50. The van der Waals surface area contributed by atoms with Gasteiger partial charge in [-0.3, -0.25) is 0 Å². The van der Waals surface area contributed by atoms with Gasteiger partial charge in [0.2, 0.25) is 0 Å². The molecule has 3 aromatic rings. The first-order valence-electron chi connectivity index (χ1n) is 5.98. The van der Waals surface area contributed by atoms with Gasteiger partial charge in [0.05, 0.1) is 5.39 Å². The van der Waals surface area contributed by atoms with Gasteiger partial charge in [0.25, 0.3) is 0 Å². The zero-order valence-electron chi connectivity index (χ0n) is 10.6. The average Bonchev–Trinajstić information content (AvgIpc) is 2.43. The fraction of sp³-hybridized carbons (Fsp3) is 0. The van der Waals surface area contributed by atoms with Crippen LogP contribution in [0.15, 0.2) is 45.6 Å². The molecule has 2 aromatic carbocycles. The molecule has 4 N–H and O–H groups in total. The molecule has 0 fully saturated rings. The van der Waals surface area contributed by atoms with Crippen molar-refractivity contribution in [1.29, 1.82) is 0 Å². The first-order chi connectivity index (χ1) is 9.97. The molecule has 106 valence electrons. The number of hydrogen-bond acceptors (Lipinski definition) is 6. The number of phenols is 3. The van der Waals surface area contributed by atoms with Crippen LogP contribution in [0, 0.1) is 0 Å². The minimum absolute atomic E-state index is 0.0194. The molecule has 0 aliphatic rings. The Kier molecular flexibility index (Phi) is 2.72. The number of aromatic hydroxyl groups is 4. The van der Waals surface area contributed by atoms with E-state index in [4.69, 9.17) is 4.42 Å². The van der Waals surface area contributed by atoms with Crippen LogP contribution in [-0.2, 0) is 0 Å². The molecule has 0 bridgehead atoms. The highest BCUT2D eigenvalue weighted by molar-refractivity contribution is 5.92. The molecule has 3 rings (SSSR count). The lowest BCUT2D eigenvalue weighted by Crippen LogP contribution is -2.03. The van der Waals surface area contributed by atoms with Gasteiger partial charge in [-0.05, 0) is 23.8 Å². The molecule has 21 heavy (non-hydrogen) atoms. The van der Waals surface area contributed by atoms with Crippen molar-refractivity contribution in [1.82, 2.24) is 0 Å². The minimum atomic E-state index is -0.796. The fourth-order valence-corrected chi connectivity index (χ4v) is 2.09. The summed E-state index contributed by atoms with van der Waals surface area (Å²) in [6, 6.07) is 7.79. The van der Waals surface area contributed by atoms with Crippen LogP contribution in [0.1, 0.15) is 0 Å². The van der Waals surface area contributed by atoms with Crippen molar-refractivity contribution in [2.24, 2.45) is 0 Å².